The standard InChI is InChI=1S/C18H16ClN3O2S/c1-2-22-16(13-7-9-15(19)10-8-13)20-21-18(22)25-11-12-3-5-14(6-4-12)17(23)24/h3-10H,2,11H2,1H3,(H,23,24)/p-1. The second-order valence-electron chi connectivity index (χ2n) is 5.33. The average molecular weight is 373 g/mol. The van der Waals surface area contributed by atoms with Gasteiger partial charge in [-0.1, -0.05) is 47.6 Å². The summed E-state index contributed by atoms with van der Waals surface area (Å²) < 4.78 is 2.05. The van der Waals surface area contributed by atoms with Gasteiger partial charge in [-0.05, 0) is 42.3 Å². The number of carbonyl (C=O) groups is 1. The zero-order chi connectivity index (χ0) is 17.8. The molecule has 3 aromatic rings. The number of benzene rings is 2. The third-order valence-corrected chi connectivity index (χ3v) is 4.98. The molecular weight excluding hydrogens is 358 g/mol. The highest BCUT2D eigenvalue weighted by Crippen LogP contribution is 2.27. The number of aromatic nitrogens is 3. The summed E-state index contributed by atoms with van der Waals surface area (Å²) in [6.45, 7) is 2.79. The van der Waals surface area contributed by atoms with E-state index in [9.17, 15) is 9.90 Å². The van der Waals surface area contributed by atoms with Crippen LogP contribution in [-0.2, 0) is 12.3 Å². The second kappa shape index (κ2) is 7.72. The molecule has 0 atom stereocenters. The Morgan fingerprint density at radius 3 is 2.40 bits per heavy atom. The maximum Gasteiger partial charge on any atom is 0.191 e. The topological polar surface area (TPSA) is 70.8 Å². The van der Waals surface area contributed by atoms with Gasteiger partial charge in [0.15, 0.2) is 11.0 Å². The smallest absolute Gasteiger partial charge is 0.191 e. The van der Waals surface area contributed by atoms with Crippen molar-refractivity contribution in [2.24, 2.45) is 0 Å². The molecule has 0 aliphatic carbocycles. The summed E-state index contributed by atoms with van der Waals surface area (Å²) in [5.41, 5.74) is 2.15. The number of aromatic carboxylic acids is 1. The molecule has 0 amide bonds. The van der Waals surface area contributed by atoms with Gasteiger partial charge in [-0.3, -0.25) is 0 Å². The van der Waals surface area contributed by atoms with Crippen LogP contribution in [0.4, 0.5) is 0 Å². The van der Waals surface area contributed by atoms with Gasteiger partial charge < -0.3 is 14.5 Å². The molecule has 0 aliphatic rings. The van der Waals surface area contributed by atoms with Crippen LogP contribution >= 0.6 is 23.4 Å². The SMILES string of the molecule is CCn1c(SCc2ccc(C(=O)[O-])cc2)nnc1-c1ccc(Cl)cc1. The third-order valence-electron chi connectivity index (χ3n) is 3.69. The van der Waals surface area contributed by atoms with Gasteiger partial charge in [0.2, 0.25) is 0 Å². The molecule has 0 radical (unpaired) electrons. The predicted molar refractivity (Wildman–Crippen MR) is 96.5 cm³/mol. The molecule has 5 nitrogen and oxygen atoms in total. The first-order chi connectivity index (χ1) is 12.1. The maximum absolute atomic E-state index is 10.8. The number of hydrogen-bond donors (Lipinski definition) is 0. The van der Waals surface area contributed by atoms with Crippen LogP contribution in [0.2, 0.25) is 5.02 Å². The van der Waals surface area contributed by atoms with Gasteiger partial charge >= 0.3 is 0 Å². The van der Waals surface area contributed by atoms with Crippen LogP contribution in [0.5, 0.6) is 0 Å². The van der Waals surface area contributed by atoms with E-state index in [4.69, 9.17) is 11.6 Å². The van der Waals surface area contributed by atoms with Gasteiger partial charge in [-0.2, -0.15) is 0 Å². The van der Waals surface area contributed by atoms with Crippen LogP contribution in [0.15, 0.2) is 53.7 Å². The molecule has 0 aliphatic heterocycles. The molecule has 25 heavy (non-hydrogen) atoms. The third kappa shape index (κ3) is 4.03. The summed E-state index contributed by atoms with van der Waals surface area (Å²) in [7, 11) is 0. The minimum Gasteiger partial charge on any atom is -0.545 e. The molecule has 7 heteroatoms. The van der Waals surface area contributed by atoms with Crippen molar-refractivity contribution in [3.05, 3.63) is 64.7 Å². The van der Waals surface area contributed by atoms with Crippen LogP contribution in [-0.4, -0.2) is 20.7 Å². The lowest BCUT2D eigenvalue weighted by molar-refractivity contribution is -0.255. The number of carboxylic acids is 1. The van der Waals surface area contributed by atoms with Gasteiger partial charge in [-0.25, -0.2) is 0 Å². The van der Waals surface area contributed by atoms with Crippen molar-refractivity contribution in [2.45, 2.75) is 24.4 Å². The normalized spacial score (nSPS) is 10.8. The number of halogens is 1. The lowest BCUT2D eigenvalue weighted by atomic mass is 10.1. The van der Waals surface area contributed by atoms with Crippen LogP contribution in [0.1, 0.15) is 22.8 Å². The summed E-state index contributed by atoms with van der Waals surface area (Å²) in [5, 5.41) is 20.9. The Morgan fingerprint density at radius 2 is 1.80 bits per heavy atom. The van der Waals surface area contributed by atoms with Crippen LogP contribution < -0.4 is 5.11 Å². The molecule has 1 heterocycles. The first kappa shape index (κ1) is 17.5. The van der Waals surface area contributed by atoms with E-state index in [1.54, 1.807) is 36.0 Å². The Bertz CT molecular complexity index is 876. The van der Waals surface area contributed by atoms with Crippen LogP contribution in [0.25, 0.3) is 11.4 Å². The van der Waals surface area contributed by atoms with E-state index in [1.165, 1.54) is 0 Å². The lowest BCUT2D eigenvalue weighted by Gasteiger charge is -2.08. The molecule has 0 N–H and O–H groups in total. The predicted octanol–water partition coefficient (Wildman–Crippen LogP) is 3.27. The zero-order valence-corrected chi connectivity index (χ0v) is 15.0. The quantitative estimate of drug-likeness (QED) is 0.621. The molecular formula is C18H15ClN3O2S-. The van der Waals surface area contributed by atoms with Crippen molar-refractivity contribution in [1.29, 1.82) is 0 Å². The van der Waals surface area contributed by atoms with Crippen molar-refractivity contribution >= 4 is 29.3 Å². The van der Waals surface area contributed by atoms with Crippen molar-refractivity contribution in [3.63, 3.8) is 0 Å². The highest BCUT2D eigenvalue weighted by atomic mass is 35.5. The fraction of sp³-hybridized carbons (Fsp3) is 0.167. The molecule has 0 saturated carbocycles. The molecule has 0 spiro atoms. The summed E-state index contributed by atoms with van der Waals surface area (Å²) in [4.78, 5) is 10.8. The first-order valence-corrected chi connectivity index (χ1v) is 9.07. The number of rotatable bonds is 6. The maximum atomic E-state index is 10.8. The number of nitrogens with zero attached hydrogens (tertiary/aromatic N) is 3. The van der Waals surface area contributed by atoms with E-state index >= 15 is 0 Å². The van der Waals surface area contributed by atoms with Crippen molar-refractivity contribution in [3.8, 4) is 11.4 Å². The van der Waals surface area contributed by atoms with E-state index in [-0.39, 0.29) is 5.56 Å². The van der Waals surface area contributed by atoms with Gasteiger partial charge in [0.25, 0.3) is 0 Å². The molecule has 128 valence electrons. The lowest BCUT2D eigenvalue weighted by Crippen LogP contribution is -2.21. The summed E-state index contributed by atoms with van der Waals surface area (Å²) >= 11 is 7.50. The number of hydrogen-bond acceptors (Lipinski definition) is 5. The fourth-order valence-electron chi connectivity index (χ4n) is 2.38. The summed E-state index contributed by atoms with van der Waals surface area (Å²) in [5.74, 6) is 0.304. The Balaban J connectivity index is 1.76. The van der Waals surface area contributed by atoms with E-state index in [1.807, 2.05) is 35.8 Å². The van der Waals surface area contributed by atoms with E-state index in [2.05, 4.69) is 10.2 Å². The average Bonchev–Trinajstić information content (AvgIpc) is 3.04. The second-order valence-corrected chi connectivity index (χ2v) is 6.71. The molecule has 2 aromatic carbocycles. The van der Waals surface area contributed by atoms with Gasteiger partial charge in [0.1, 0.15) is 0 Å². The van der Waals surface area contributed by atoms with E-state index < -0.39 is 5.97 Å². The number of carbonyl (C=O) groups excluding carboxylic acids is 1. The number of carboxylic acid groups (broad SMARTS) is 1. The van der Waals surface area contributed by atoms with Crippen molar-refractivity contribution in [2.75, 3.05) is 0 Å². The minimum absolute atomic E-state index is 0.176. The first-order valence-electron chi connectivity index (χ1n) is 7.70. The van der Waals surface area contributed by atoms with E-state index in [0.717, 1.165) is 28.7 Å². The monoisotopic (exact) mass is 372 g/mol. The van der Waals surface area contributed by atoms with Crippen LogP contribution in [0, 0.1) is 0 Å². The molecule has 0 bridgehead atoms. The minimum atomic E-state index is -1.17. The Labute approximate surface area is 154 Å². The summed E-state index contributed by atoms with van der Waals surface area (Å²) in [6.07, 6.45) is 0. The zero-order valence-electron chi connectivity index (χ0n) is 13.5. The van der Waals surface area contributed by atoms with Gasteiger partial charge in [0.05, 0.1) is 5.97 Å². The van der Waals surface area contributed by atoms with Crippen molar-refractivity contribution in [1.82, 2.24) is 14.8 Å². The molecule has 0 saturated heterocycles. The number of thioether (sulfide) groups is 1. The van der Waals surface area contributed by atoms with Crippen LogP contribution in [0.3, 0.4) is 0 Å². The van der Waals surface area contributed by atoms with Gasteiger partial charge in [-0.15, -0.1) is 10.2 Å². The Morgan fingerprint density at radius 1 is 1.12 bits per heavy atom. The van der Waals surface area contributed by atoms with E-state index in [0.29, 0.717) is 10.8 Å². The largest absolute Gasteiger partial charge is 0.545 e. The molecule has 0 unspecified atom stereocenters. The Kier molecular flexibility index (Phi) is 5.40. The van der Waals surface area contributed by atoms with Crippen molar-refractivity contribution < 1.29 is 9.90 Å². The highest BCUT2D eigenvalue weighted by molar-refractivity contribution is 7.98. The fourth-order valence-corrected chi connectivity index (χ4v) is 3.46. The highest BCUT2D eigenvalue weighted by Gasteiger charge is 2.13. The Hall–Kier alpha value is -2.31. The molecule has 1 aromatic heterocycles. The summed E-state index contributed by atoms with van der Waals surface area (Å²) in [6, 6.07) is 14.2. The molecule has 3 rings (SSSR count). The molecule has 0 fully saturated rings. The van der Waals surface area contributed by atoms with Gasteiger partial charge in [0, 0.05) is 22.9 Å².